The SMILES string of the molecule is CCNC(=O)[C@H](Cc1ccccc1)N(Cc1ccc(Cl)cc1)C(=O)CN(c1ccc(Cl)c(Cl)c1)S(=O)(=O)c1ccccc1. The maximum absolute atomic E-state index is 14.3. The van der Waals surface area contributed by atoms with Gasteiger partial charge in [-0.3, -0.25) is 13.9 Å². The first-order valence-electron chi connectivity index (χ1n) is 13.5. The van der Waals surface area contributed by atoms with E-state index in [0.29, 0.717) is 17.1 Å². The van der Waals surface area contributed by atoms with E-state index in [1.807, 2.05) is 30.3 Å². The summed E-state index contributed by atoms with van der Waals surface area (Å²) in [5.74, 6) is -0.951. The van der Waals surface area contributed by atoms with Crippen molar-refractivity contribution in [2.45, 2.75) is 30.8 Å². The van der Waals surface area contributed by atoms with Crippen LogP contribution in [0.15, 0.2) is 108 Å². The number of carbonyl (C=O) groups is 2. The smallest absolute Gasteiger partial charge is 0.264 e. The largest absolute Gasteiger partial charge is 0.355 e. The molecule has 7 nitrogen and oxygen atoms in total. The van der Waals surface area contributed by atoms with Crippen LogP contribution in [0.3, 0.4) is 0 Å². The highest BCUT2D eigenvalue weighted by molar-refractivity contribution is 7.92. The van der Waals surface area contributed by atoms with E-state index in [1.165, 1.54) is 35.2 Å². The van der Waals surface area contributed by atoms with Gasteiger partial charge in [-0.15, -0.1) is 0 Å². The first-order valence-corrected chi connectivity index (χ1v) is 16.1. The lowest BCUT2D eigenvalue weighted by molar-refractivity contribution is -0.140. The predicted octanol–water partition coefficient (Wildman–Crippen LogP) is 6.62. The minimum absolute atomic E-state index is 0.0114. The molecule has 0 aliphatic carbocycles. The summed E-state index contributed by atoms with van der Waals surface area (Å²) in [5, 5.41) is 3.71. The van der Waals surface area contributed by atoms with E-state index in [1.54, 1.807) is 49.4 Å². The third-order valence-corrected chi connectivity index (χ3v) is 9.47. The van der Waals surface area contributed by atoms with Crippen LogP contribution in [0.25, 0.3) is 0 Å². The van der Waals surface area contributed by atoms with Crippen LogP contribution in [0.4, 0.5) is 5.69 Å². The number of amides is 2. The second-order valence-corrected chi connectivity index (χ2v) is 12.8. The van der Waals surface area contributed by atoms with Gasteiger partial charge in [0.15, 0.2) is 0 Å². The average Bonchev–Trinajstić information content (AvgIpc) is 3.01. The fourth-order valence-electron chi connectivity index (χ4n) is 4.52. The van der Waals surface area contributed by atoms with Gasteiger partial charge in [0, 0.05) is 24.5 Å². The number of nitrogens with zero attached hydrogens (tertiary/aromatic N) is 2. The molecule has 0 radical (unpaired) electrons. The molecule has 11 heteroatoms. The van der Waals surface area contributed by atoms with E-state index in [4.69, 9.17) is 34.8 Å². The van der Waals surface area contributed by atoms with Gasteiger partial charge in [-0.2, -0.15) is 0 Å². The fourth-order valence-corrected chi connectivity index (χ4v) is 6.37. The van der Waals surface area contributed by atoms with Crippen molar-refractivity contribution in [3.63, 3.8) is 0 Å². The van der Waals surface area contributed by atoms with Crippen molar-refractivity contribution in [2.75, 3.05) is 17.4 Å². The molecule has 1 atom stereocenters. The monoisotopic (exact) mass is 657 g/mol. The number of carbonyl (C=O) groups excluding carboxylic acids is 2. The van der Waals surface area contributed by atoms with Crippen molar-refractivity contribution in [1.29, 1.82) is 0 Å². The quantitative estimate of drug-likeness (QED) is 0.185. The zero-order valence-electron chi connectivity index (χ0n) is 23.3. The Labute approximate surface area is 267 Å². The summed E-state index contributed by atoms with van der Waals surface area (Å²) in [5.41, 5.74) is 1.70. The Hall–Kier alpha value is -3.56. The number of likely N-dealkylation sites (N-methyl/N-ethyl adjacent to an activating group) is 1. The molecule has 224 valence electrons. The Kier molecular flexibility index (Phi) is 11.1. The number of hydrogen-bond donors (Lipinski definition) is 1. The van der Waals surface area contributed by atoms with E-state index in [0.717, 1.165) is 9.87 Å². The van der Waals surface area contributed by atoms with Gasteiger partial charge in [0.2, 0.25) is 11.8 Å². The summed E-state index contributed by atoms with van der Waals surface area (Å²) >= 11 is 18.5. The Bertz CT molecular complexity index is 1650. The Balaban J connectivity index is 1.80. The van der Waals surface area contributed by atoms with Crippen LogP contribution in [0.1, 0.15) is 18.1 Å². The molecule has 0 saturated heterocycles. The van der Waals surface area contributed by atoms with Gasteiger partial charge >= 0.3 is 0 Å². The average molecular weight is 659 g/mol. The van der Waals surface area contributed by atoms with Crippen molar-refractivity contribution in [3.8, 4) is 0 Å². The number of hydrogen-bond acceptors (Lipinski definition) is 4. The van der Waals surface area contributed by atoms with Crippen LogP contribution in [-0.2, 0) is 32.6 Å². The Morgan fingerprint density at radius 2 is 1.42 bits per heavy atom. The van der Waals surface area contributed by atoms with Crippen LogP contribution < -0.4 is 9.62 Å². The summed E-state index contributed by atoms with van der Waals surface area (Å²) in [4.78, 5) is 29.2. The van der Waals surface area contributed by atoms with Gasteiger partial charge < -0.3 is 10.2 Å². The van der Waals surface area contributed by atoms with Gasteiger partial charge in [0.05, 0.1) is 20.6 Å². The summed E-state index contributed by atoms with van der Waals surface area (Å²) in [6, 6.07) is 27.4. The molecule has 1 N–H and O–H groups in total. The predicted molar refractivity (Wildman–Crippen MR) is 172 cm³/mol. The summed E-state index contributed by atoms with van der Waals surface area (Å²) < 4.78 is 28.9. The van der Waals surface area contributed by atoms with Crippen LogP contribution in [-0.4, -0.2) is 44.3 Å². The zero-order valence-corrected chi connectivity index (χ0v) is 26.4. The third kappa shape index (κ3) is 8.30. The van der Waals surface area contributed by atoms with Gasteiger partial charge in [0.25, 0.3) is 10.0 Å². The highest BCUT2D eigenvalue weighted by atomic mass is 35.5. The molecule has 0 heterocycles. The Morgan fingerprint density at radius 3 is 2.02 bits per heavy atom. The molecule has 0 saturated carbocycles. The molecule has 4 aromatic rings. The molecule has 0 fully saturated rings. The molecular formula is C32H30Cl3N3O4S. The van der Waals surface area contributed by atoms with Gasteiger partial charge in [-0.25, -0.2) is 8.42 Å². The first-order chi connectivity index (χ1) is 20.6. The van der Waals surface area contributed by atoms with Crippen molar-refractivity contribution in [3.05, 3.63) is 129 Å². The zero-order chi connectivity index (χ0) is 31.0. The maximum Gasteiger partial charge on any atom is 0.264 e. The fraction of sp³-hybridized carbons (Fsp3) is 0.188. The number of halogens is 3. The number of anilines is 1. The van der Waals surface area contributed by atoms with Gasteiger partial charge in [-0.1, -0.05) is 95.5 Å². The van der Waals surface area contributed by atoms with E-state index < -0.39 is 28.5 Å². The number of nitrogens with one attached hydrogen (secondary N) is 1. The lowest BCUT2D eigenvalue weighted by Crippen LogP contribution is -2.53. The van der Waals surface area contributed by atoms with Crippen molar-refractivity contribution >= 4 is 62.3 Å². The van der Waals surface area contributed by atoms with Crippen LogP contribution in [0.2, 0.25) is 15.1 Å². The normalized spacial score (nSPS) is 11.9. The summed E-state index contributed by atoms with van der Waals surface area (Å²) in [6.45, 7) is 1.57. The second-order valence-electron chi connectivity index (χ2n) is 9.67. The highest BCUT2D eigenvalue weighted by Crippen LogP contribution is 2.31. The van der Waals surface area contributed by atoms with Crippen LogP contribution in [0.5, 0.6) is 0 Å². The second kappa shape index (κ2) is 14.8. The number of rotatable bonds is 12. The molecule has 0 spiro atoms. The molecule has 2 amide bonds. The van der Waals surface area contributed by atoms with E-state index >= 15 is 0 Å². The molecule has 4 aromatic carbocycles. The molecule has 4 rings (SSSR count). The molecule has 0 aromatic heterocycles. The lowest BCUT2D eigenvalue weighted by atomic mass is 10.0. The molecule has 0 unspecified atom stereocenters. The highest BCUT2D eigenvalue weighted by Gasteiger charge is 2.34. The van der Waals surface area contributed by atoms with Crippen LogP contribution >= 0.6 is 34.8 Å². The molecule has 0 aliphatic heterocycles. The third-order valence-electron chi connectivity index (χ3n) is 6.69. The van der Waals surface area contributed by atoms with Gasteiger partial charge in [0.1, 0.15) is 12.6 Å². The van der Waals surface area contributed by atoms with Crippen molar-refractivity contribution < 1.29 is 18.0 Å². The van der Waals surface area contributed by atoms with Crippen molar-refractivity contribution in [1.82, 2.24) is 10.2 Å². The minimum Gasteiger partial charge on any atom is -0.355 e. The minimum atomic E-state index is -4.24. The number of sulfonamides is 1. The number of benzene rings is 4. The van der Waals surface area contributed by atoms with Crippen LogP contribution in [0, 0.1) is 0 Å². The van der Waals surface area contributed by atoms with E-state index in [-0.39, 0.29) is 39.5 Å². The molecular weight excluding hydrogens is 629 g/mol. The van der Waals surface area contributed by atoms with Crippen molar-refractivity contribution in [2.24, 2.45) is 0 Å². The maximum atomic E-state index is 14.3. The Morgan fingerprint density at radius 1 is 0.791 bits per heavy atom. The molecule has 0 aliphatic rings. The first kappa shape index (κ1) is 32.4. The lowest BCUT2D eigenvalue weighted by Gasteiger charge is -2.34. The summed E-state index contributed by atoms with van der Waals surface area (Å²) in [6.07, 6.45) is 0.213. The molecule has 43 heavy (non-hydrogen) atoms. The van der Waals surface area contributed by atoms with E-state index in [2.05, 4.69) is 5.32 Å². The van der Waals surface area contributed by atoms with Gasteiger partial charge in [-0.05, 0) is 60.5 Å². The topological polar surface area (TPSA) is 86.8 Å². The summed E-state index contributed by atoms with van der Waals surface area (Å²) in [7, 11) is -4.24. The standard InChI is InChI=1S/C32H30Cl3N3O4S/c1-2-36-32(40)30(19-23-9-5-3-6-10-23)37(21-24-13-15-25(33)16-14-24)31(39)22-38(26-17-18-28(34)29(35)20-26)43(41,42)27-11-7-4-8-12-27/h3-18,20,30H,2,19,21-22H2,1H3,(H,36,40)/t30-/m0/s1. The molecule has 0 bridgehead atoms. The van der Waals surface area contributed by atoms with E-state index in [9.17, 15) is 18.0 Å².